The normalized spacial score (nSPS) is 18.2. The molecule has 18 heavy (non-hydrogen) atoms. The smallest absolute Gasteiger partial charge is 0.232 e. The average Bonchev–Trinajstić information content (AvgIpc) is 2.16. The van der Waals surface area contributed by atoms with Crippen molar-refractivity contribution in [2.75, 3.05) is 22.4 Å². The van der Waals surface area contributed by atoms with Crippen molar-refractivity contribution in [3.63, 3.8) is 0 Å². The van der Waals surface area contributed by atoms with Crippen LogP contribution in [0.25, 0.3) is 0 Å². The first-order valence-corrected chi connectivity index (χ1v) is 8.31. The second kappa shape index (κ2) is 4.13. The van der Waals surface area contributed by atoms with E-state index < -0.39 is 15.6 Å². The summed E-state index contributed by atoms with van der Waals surface area (Å²) < 4.78 is 26.6. The molecule has 1 aliphatic rings. The van der Waals surface area contributed by atoms with E-state index in [1.54, 1.807) is 0 Å². The molecule has 4 nitrogen and oxygen atoms in total. The molecule has 0 bridgehead atoms. The van der Waals surface area contributed by atoms with Crippen molar-refractivity contribution in [3.05, 3.63) is 22.2 Å². The van der Waals surface area contributed by atoms with E-state index in [1.807, 2.05) is 32.9 Å². The van der Waals surface area contributed by atoms with Crippen LogP contribution >= 0.6 is 15.9 Å². The highest BCUT2D eigenvalue weighted by Crippen LogP contribution is 2.41. The number of hydrogen-bond donors (Lipinski definition) is 1. The molecule has 0 spiro atoms. The summed E-state index contributed by atoms with van der Waals surface area (Å²) in [6.07, 6.45) is 1.26. The molecule has 0 aromatic heterocycles. The van der Waals surface area contributed by atoms with Gasteiger partial charge in [0.25, 0.3) is 0 Å². The first-order valence-electron chi connectivity index (χ1n) is 5.67. The molecule has 2 rings (SSSR count). The Morgan fingerprint density at radius 3 is 2.56 bits per heavy atom. The van der Waals surface area contributed by atoms with Crippen LogP contribution < -0.4 is 9.62 Å². The molecule has 1 N–H and O–H groups in total. The number of nitrogens with one attached hydrogen (secondary N) is 1. The van der Waals surface area contributed by atoms with Crippen LogP contribution in [0.5, 0.6) is 0 Å². The molecule has 1 aromatic rings. The van der Waals surface area contributed by atoms with E-state index >= 15 is 0 Å². The van der Waals surface area contributed by atoms with Crippen LogP contribution in [0.1, 0.15) is 19.4 Å². The lowest BCUT2D eigenvalue weighted by atomic mass is 9.99. The van der Waals surface area contributed by atoms with Crippen LogP contribution in [0.3, 0.4) is 0 Å². The Labute approximate surface area is 117 Å². The van der Waals surface area contributed by atoms with Gasteiger partial charge in [-0.3, -0.25) is 4.31 Å². The summed E-state index contributed by atoms with van der Waals surface area (Å²) in [6, 6.07) is 3.84. The predicted molar refractivity (Wildman–Crippen MR) is 78.8 cm³/mol. The molecule has 1 heterocycles. The maximum absolute atomic E-state index is 12.1. The largest absolute Gasteiger partial charge is 0.381 e. The summed E-state index contributed by atoms with van der Waals surface area (Å²) in [4.78, 5) is 0. The van der Waals surface area contributed by atoms with Gasteiger partial charge in [-0.05, 0) is 38.5 Å². The van der Waals surface area contributed by atoms with Crippen LogP contribution in [0.4, 0.5) is 11.4 Å². The third-order valence-corrected chi connectivity index (χ3v) is 4.86. The van der Waals surface area contributed by atoms with Crippen molar-refractivity contribution in [1.82, 2.24) is 0 Å². The monoisotopic (exact) mass is 332 g/mol. The SMILES string of the molecule is Cc1cc(Br)cc2c1N(S(C)(=O)=O)C(C)(C)CN2. The second-order valence-corrected chi connectivity index (χ2v) is 8.06. The molecule has 0 radical (unpaired) electrons. The Hall–Kier alpha value is -0.750. The first kappa shape index (κ1) is 13.7. The van der Waals surface area contributed by atoms with E-state index in [0.29, 0.717) is 6.54 Å². The highest BCUT2D eigenvalue weighted by atomic mass is 79.9. The molecule has 100 valence electrons. The number of aryl methyl sites for hydroxylation is 1. The van der Waals surface area contributed by atoms with Crippen molar-refractivity contribution >= 4 is 37.3 Å². The number of fused-ring (bicyclic) bond motifs is 1. The number of rotatable bonds is 1. The zero-order valence-electron chi connectivity index (χ0n) is 10.9. The summed E-state index contributed by atoms with van der Waals surface area (Å²) in [6.45, 7) is 6.35. The van der Waals surface area contributed by atoms with Crippen LogP contribution in [-0.2, 0) is 10.0 Å². The topological polar surface area (TPSA) is 49.4 Å². The lowest BCUT2D eigenvalue weighted by molar-refractivity contribution is 0.514. The van der Waals surface area contributed by atoms with Crippen molar-refractivity contribution < 1.29 is 8.42 Å². The lowest BCUT2D eigenvalue weighted by Gasteiger charge is -2.44. The van der Waals surface area contributed by atoms with Gasteiger partial charge in [0.15, 0.2) is 0 Å². The number of anilines is 2. The number of sulfonamides is 1. The van der Waals surface area contributed by atoms with E-state index in [2.05, 4.69) is 21.2 Å². The van der Waals surface area contributed by atoms with Gasteiger partial charge >= 0.3 is 0 Å². The number of benzene rings is 1. The van der Waals surface area contributed by atoms with Gasteiger partial charge in [0.1, 0.15) is 0 Å². The Morgan fingerprint density at radius 2 is 2.00 bits per heavy atom. The van der Waals surface area contributed by atoms with Crippen molar-refractivity contribution in [1.29, 1.82) is 0 Å². The van der Waals surface area contributed by atoms with Gasteiger partial charge in [-0.2, -0.15) is 0 Å². The summed E-state index contributed by atoms with van der Waals surface area (Å²) in [5.41, 5.74) is 2.06. The van der Waals surface area contributed by atoms with E-state index in [0.717, 1.165) is 21.4 Å². The fraction of sp³-hybridized carbons (Fsp3) is 0.500. The molecule has 0 amide bonds. The van der Waals surface area contributed by atoms with E-state index in [-0.39, 0.29) is 0 Å². The summed E-state index contributed by atoms with van der Waals surface area (Å²) >= 11 is 3.43. The summed E-state index contributed by atoms with van der Waals surface area (Å²) in [7, 11) is -3.30. The van der Waals surface area contributed by atoms with Crippen molar-refractivity contribution in [3.8, 4) is 0 Å². The Morgan fingerprint density at radius 1 is 1.39 bits per heavy atom. The van der Waals surface area contributed by atoms with Crippen molar-refractivity contribution in [2.45, 2.75) is 26.3 Å². The maximum atomic E-state index is 12.1. The van der Waals surface area contributed by atoms with E-state index in [1.165, 1.54) is 10.6 Å². The molecule has 0 fully saturated rings. The highest BCUT2D eigenvalue weighted by Gasteiger charge is 2.39. The minimum Gasteiger partial charge on any atom is -0.381 e. The second-order valence-electron chi connectivity index (χ2n) is 5.31. The molecule has 0 unspecified atom stereocenters. The summed E-state index contributed by atoms with van der Waals surface area (Å²) in [5, 5.41) is 3.30. The van der Waals surface area contributed by atoms with E-state index in [4.69, 9.17) is 0 Å². The van der Waals surface area contributed by atoms with Gasteiger partial charge in [0, 0.05) is 11.0 Å². The lowest BCUT2D eigenvalue weighted by Crippen LogP contribution is -2.54. The Kier molecular flexibility index (Phi) is 3.14. The first-order chi connectivity index (χ1) is 8.13. The number of halogens is 1. The molecule has 0 saturated carbocycles. The molecule has 0 aliphatic carbocycles. The van der Waals surface area contributed by atoms with Gasteiger partial charge in [-0.15, -0.1) is 0 Å². The summed E-state index contributed by atoms with van der Waals surface area (Å²) in [5.74, 6) is 0. The van der Waals surface area contributed by atoms with Crippen LogP contribution in [0.2, 0.25) is 0 Å². The Balaban J connectivity index is 2.74. The quantitative estimate of drug-likeness (QED) is 0.860. The molecule has 0 atom stereocenters. The maximum Gasteiger partial charge on any atom is 0.232 e. The molecule has 6 heteroatoms. The van der Waals surface area contributed by atoms with Gasteiger partial charge in [-0.1, -0.05) is 15.9 Å². The zero-order chi connectivity index (χ0) is 13.7. The zero-order valence-corrected chi connectivity index (χ0v) is 13.3. The van der Waals surface area contributed by atoms with Gasteiger partial charge < -0.3 is 5.32 Å². The minimum atomic E-state index is -3.30. The van der Waals surface area contributed by atoms with Gasteiger partial charge in [-0.25, -0.2) is 8.42 Å². The fourth-order valence-electron chi connectivity index (χ4n) is 2.44. The van der Waals surface area contributed by atoms with Crippen molar-refractivity contribution in [2.24, 2.45) is 0 Å². The van der Waals surface area contributed by atoms with Crippen LogP contribution in [0, 0.1) is 6.92 Å². The third kappa shape index (κ3) is 2.23. The van der Waals surface area contributed by atoms with Crippen LogP contribution in [0.15, 0.2) is 16.6 Å². The number of nitrogens with zero attached hydrogens (tertiary/aromatic N) is 1. The highest BCUT2D eigenvalue weighted by molar-refractivity contribution is 9.10. The molecule has 1 aliphatic heterocycles. The van der Waals surface area contributed by atoms with Gasteiger partial charge in [0.2, 0.25) is 10.0 Å². The third-order valence-electron chi connectivity index (χ3n) is 3.06. The Bertz CT molecular complexity index is 596. The molecule has 1 aromatic carbocycles. The fourth-order valence-corrected chi connectivity index (χ4v) is 4.55. The number of hydrogen-bond acceptors (Lipinski definition) is 3. The molecular weight excluding hydrogens is 316 g/mol. The molecule has 0 saturated heterocycles. The average molecular weight is 333 g/mol. The van der Waals surface area contributed by atoms with Crippen LogP contribution in [-0.4, -0.2) is 26.8 Å². The standard InChI is InChI=1S/C12H17BrN2O2S/c1-8-5-9(13)6-10-11(8)15(18(4,16)17)12(2,3)7-14-10/h5-6,14H,7H2,1-4H3. The minimum absolute atomic E-state index is 0.473. The van der Waals surface area contributed by atoms with E-state index in [9.17, 15) is 8.42 Å². The predicted octanol–water partition coefficient (Wildman–Crippen LogP) is 2.73. The van der Waals surface area contributed by atoms with Gasteiger partial charge in [0.05, 0.1) is 23.2 Å². The molecular formula is C12H17BrN2O2S.